The SMILES string of the molecule is CCCCC1C[C@]1(C)I. The lowest BCUT2D eigenvalue weighted by Crippen LogP contribution is -1.91. The van der Waals surface area contributed by atoms with Crippen LogP contribution in [0.2, 0.25) is 0 Å². The summed E-state index contributed by atoms with van der Waals surface area (Å²) in [6.45, 7) is 4.64. The van der Waals surface area contributed by atoms with Crippen LogP contribution < -0.4 is 0 Å². The molecule has 9 heavy (non-hydrogen) atoms. The van der Waals surface area contributed by atoms with E-state index in [2.05, 4.69) is 36.4 Å². The quantitative estimate of drug-likeness (QED) is 0.522. The Hall–Kier alpha value is 0.730. The molecule has 0 aromatic heterocycles. The summed E-state index contributed by atoms with van der Waals surface area (Å²) >= 11 is 2.59. The molecule has 0 nitrogen and oxygen atoms in total. The second kappa shape index (κ2) is 2.77. The lowest BCUT2D eigenvalue weighted by molar-refractivity contribution is 0.638. The first-order valence-electron chi connectivity index (χ1n) is 3.85. The van der Waals surface area contributed by atoms with Crippen molar-refractivity contribution in [3.8, 4) is 0 Å². The average Bonchev–Trinajstić information content (AvgIpc) is 2.35. The minimum absolute atomic E-state index is 0.687. The first-order valence-corrected chi connectivity index (χ1v) is 4.93. The second-order valence-electron chi connectivity index (χ2n) is 3.32. The Morgan fingerprint density at radius 1 is 1.67 bits per heavy atom. The van der Waals surface area contributed by atoms with Crippen LogP contribution in [-0.2, 0) is 0 Å². The Kier molecular flexibility index (Phi) is 2.41. The zero-order valence-corrected chi connectivity index (χ0v) is 8.44. The van der Waals surface area contributed by atoms with Gasteiger partial charge in [-0.25, -0.2) is 0 Å². The molecule has 54 valence electrons. The summed E-state index contributed by atoms with van der Waals surface area (Å²) in [4.78, 5) is 0. The van der Waals surface area contributed by atoms with Crippen LogP contribution in [0.15, 0.2) is 0 Å². The Bertz CT molecular complexity index is 96.7. The summed E-state index contributed by atoms with van der Waals surface area (Å²) in [7, 11) is 0. The van der Waals surface area contributed by atoms with Crippen molar-refractivity contribution in [3.05, 3.63) is 0 Å². The predicted molar refractivity (Wildman–Crippen MR) is 50.1 cm³/mol. The summed E-state index contributed by atoms with van der Waals surface area (Å²) < 4.78 is 0.687. The van der Waals surface area contributed by atoms with Crippen molar-refractivity contribution in [3.63, 3.8) is 0 Å². The van der Waals surface area contributed by atoms with Crippen LogP contribution >= 0.6 is 22.6 Å². The minimum atomic E-state index is 0.687. The van der Waals surface area contributed by atoms with Crippen molar-refractivity contribution >= 4 is 22.6 Å². The monoisotopic (exact) mass is 238 g/mol. The molecule has 0 aliphatic heterocycles. The number of unbranched alkanes of at least 4 members (excludes halogenated alkanes) is 1. The molecule has 0 amide bonds. The van der Waals surface area contributed by atoms with Crippen molar-refractivity contribution in [1.82, 2.24) is 0 Å². The molecule has 0 aromatic rings. The van der Waals surface area contributed by atoms with Gasteiger partial charge < -0.3 is 0 Å². The van der Waals surface area contributed by atoms with Gasteiger partial charge in [0.2, 0.25) is 0 Å². The van der Waals surface area contributed by atoms with Gasteiger partial charge in [0.15, 0.2) is 0 Å². The summed E-state index contributed by atoms with van der Waals surface area (Å²) in [5, 5.41) is 0. The van der Waals surface area contributed by atoms with Crippen LogP contribution in [0.3, 0.4) is 0 Å². The molecule has 1 heteroatoms. The molecule has 0 N–H and O–H groups in total. The van der Waals surface area contributed by atoms with E-state index in [1.165, 1.54) is 25.7 Å². The third-order valence-electron chi connectivity index (χ3n) is 2.24. The molecule has 1 rings (SSSR count). The van der Waals surface area contributed by atoms with E-state index in [4.69, 9.17) is 0 Å². The Morgan fingerprint density at radius 2 is 2.22 bits per heavy atom. The van der Waals surface area contributed by atoms with E-state index in [1.54, 1.807) is 0 Å². The standard InChI is InChI=1S/C8H15I/c1-3-4-5-7-6-8(7,2)9/h7H,3-6H2,1-2H3/t7?,8-/m0/s1. The van der Waals surface area contributed by atoms with Crippen LogP contribution in [-0.4, -0.2) is 3.42 Å². The molecule has 1 aliphatic carbocycles. The molecule has 0 spiro atoms. The first kappa shape index (κ1) is 7.83. The van der Waals surface area contributed by atoms with E-state index < -0.39 is 0 Å². The highest BCUT2D eigenvalue weighted by Crippen LogP contribution is 2.53. The van der Waals surface area contributed by atoms with E-state index in [9.17, 15) is 0 Å². The number of halogens is 1. The maximum absolute atomic E-state index is 2.59. The van der Waals surface area contributed by atoms with E-state index in [-0.39, 0.29) is 0 Å². The molecule has 1 unspecified atom stereocenters. The third kappa shape index (κ3) is 2.10. The highest BCUT2D eigenvalue weighted by molar-refractivity contribution is 14.1. The van der Waals surface area contributed by atoms with Gasteiger partial charge in [0.1, 0.15) is 0 Å². The van der Waals surface area contributed by atoms with E-state index in [0.29, 0.717) is 3.42 Å². The van der Waals surface area contributed by atoms with E-state index >= 15 is 0 Å². The molecule has 0 saturated heterocycles. The van der Waals surface area contributed by atoms with Gasteiger partial charge in [-0.3, -0.25) is 0 Å². The fourth-order valence-electron chi connectivity index (χ4n) is 1.28. The Morgan fingerprint density at radius 3 is 2.56 bits per heavy atom. The molecule has 0 heterocycles. The summed E-state index contributed by atoms with van der Waals surface area (Å²) in [5.74, 6) is 1.05. The topological polar surface area (TPSA) is 0 Å². The number of hydrogen-bond acceptors (Lipinski definition) is 0. The zero-order chi connectivity index (χ0) is 6.91. The zero-order valence-electron chi connectivity index (χ0n) is 6.28. The molecular weight excluding hydrogens is 223 g/mol. The van der Waals surface area contributed by atoms with Crippen molar-refractivity contribution in [2.24, 2.45) is 5.92 Å². The summed E-state index contributed by atoms with van der Waals surface area (Å²) in [6.07, 6.45) is 5.73. The van der Waals surface area contributed by atoms with Crippen LogP contribution in [0.4, 0.5) is 0 Å². The van der Waals surface area contributed by atoms with E-state index in [1.807, 2.05) is 0 Å². The highest BCUT2D eigenvalue weighted by Gasteiger charge is 2.46. The molecular formula is C8H15I. The van der Waals surface area contributed by atoms with Crippen molar-refractivity contribution in [2.75, 3.05) is 0 Å². The van der Waals surface area contributed by atoms with Crippen molar-refractivity contribution in [1.29, 1.82) is 0 Å². The number of rotatable bonds is 3. The molecule has 1 aliphatic rings. The van der Waals surface area contributed by atoms with Crippen LogP contribution in [0, 0.1) is 5.92 Å². The normalized spacial score (nSPS) is 41.0. The largest absolute Gasteiger partial charge is 0.0789 e. The number of alkyl halides is 1. The fourth-order valence-corrected chi connectivity index (χ4v) is 2.12. The molecule has 0 radical (unpaired) electrons. The molecule has 0 aromatic carbocycles. The van der Waals surface area contributed by atoms with Gasteiger partial charge in [0.25, 0.3) is 0 Å². The summed E-state index contributed by atoms with van der Waals surface area (Å²) in [5.41, 5.74) is 0. The lowest BCUT2D eigenvalue weighted by atomic mass is 10.2. The summed E-state index contributed by atoms with van der Waals surface area (Å²) in [6, 6.07) is 0. The van der Waals surface area contributed by atoms with Gasteiger partial charge in [-0.05, 0) is 18.8 Å². The second-order valence-corrected chi connectivity index (χ2v) is 5.79. The fraction of sp³-hybridized carbons (Fsp3) is 1.00. The lowest BCUT2D eigenvalue weighted by Gasteiger charge is -1.98. The van der Waals surface area contributed by atoms with Gasteiger partial charge in [-0.1, -0.05) is 49.3 Å². The van der Waals surface area contributed by atoms with Crippen molar-refractivity contribution < 1.29 is 0 Å². The smallest absolute Gasteiger partial charge is 0.0226 e. The predicted octanol–water partition coefficient (Wildman–Crippen LogP) is 3.39. The van der Waals surface area contributed by atoms with Crippen LogP contribution in [0.25, 0.3) is 0 Å². The van der Waals surface area contributed by atoms with Crippen molar-refractivity contribution in [2.45, 2.75) is 43.0 Å². The van der Waals surface area contributed by atoms with Gasteiger partial charge in [0.05, 0.1) is 0 Å². The third-order valence-corrected chi connectivity index (χ3v) is 3.56. The molecule has 2 atom stereocenters. The molecule has 1 saturated carbocycles. The minimum Gasteiger partial charge on any atom is -0.0789 e. The van der Waals surface area contributed by atoms with Crippen LogP contribution in [0.1, 0.15) is 39.5 Å². The van der Waals surface area contributed by atoms with Gasteiger partial charge in [-0.2, -0.15) is 0 Å². The van der Waals surface area contributed by atoms with E-state index in [0.717, 1.165) is 5.92 Å². The number of hydrogen-bond donors (Lipinski definition) is 0. The average molecular weight is 238 g/mol. The highest BCUT2D eigenvalue weighted by atomic mass is 127. The van der Waals surface area contributed by atoms with Gasteiger partial charge >= 0.3 is 0 Å². The molecule has 1 fully saturated rings. The van der Waals surface area contributed by atoms with Gasteiger partial charge in [-0.15, -0.1) is 0 Å². The Labute approximate surface area is 71.5 Å². The van der Waals surface area contributed by atoms with Gasteiger partial charge in [0, 0.05) is 3.42 Å². The maximum Gasteiger partial charge on any atom is 0.0226 e. The first-order chi connectivity index (χ1) is 4.17. The Balaban J connectivity index is 2.06. The molecule has 0 bridgehead atoms. The van der Waals surface area contributed by atoms with Crippen LogP contribution in [0.5, 0.6) is 0 Å². The maximum atomic E-state index is 2.59.